The highest BCUT2D eigenvalue weighted by Gasteiger charge is 2.70. The van der Waals surface area contributed by atoms with E-state index in [2.05, 4.69) is 13.8 Å². The highest BCUT2D eigenvalue weighted by molar-refractivity contribution is 5.86. The fraction of sp³-hybridized carbons (Fsp3) is 0.955. The third-order valence-corrected chi connectivity index (χ3v) is 9.69. The van der Waals surface area contributed by atoms with Crippen molar-refractivity contribution in [1.29, 1.82) is 0 Å². The van der Waals surface area contributed by atoms with Gasteiger partial charge in [0.2, 0.25) is 0 Å². The Kier molecular flexibility index (Phi) is 4.20. The zero-order valence-electron chi connectivity index (χ0n) is 16.7. The predicted molar refractivity (Wildman–Crippen MR) is 99.3 cm³/mol. The Morgan fingerprint density at radius 3 is 2.42 bits per heavy atom. The third-order valence-electron chi connectivity index (χ3n) is 9.69. The first kappa shape index (κ1) is 18.9. The van der Waals surface area contributed by atoms with Crippen LogP contribution >= 0.6 is 0 Å². The van der Waals surface area contributed by atoms with E-state index in [9.17, 15) is 20.1 Å². The van der Waals surface area contributed by atoms with Gasteiger partial charge >= 0.3 is 0 Å². The maximum Gasteiger partial charge on any atom is 0.162 e. The molecule has 0 spiro atoms. The van der Waals surface area contributed by atoms with Crippen LogP contribution < -0.4 is 0 Å². The zero-order chi connectivity index (χ0) is 19.1. The highest BCUT2D eigenvalue weighted by atomic mass is 16.3. The van der Waals surface area contributed by atoms with Crippen LogP contribution in [0.5, 0.6) is 0 Å². The van der Waals surface area contributed by atoms with Gasteiger partial charge in [0, 0.05) is 5.41 Å². The van der Waals surface area contributed by atoms with Crippen molar-refractivity contribution in [2.24, 2.45) is 40.4 Å². The molecule has 4 aliphatic rings. The molecule has 0 bridgehead atoms. The zero-order valence-corrected chi connectivity index (χ0v) is 16.7. The van der Waals surface area contributed by atoms with E-state index in [-0.39, 0.29) is 29.1 Å². The van der Waals surface area contributed by atoms with E-state index in [0.717, 1.165) is 38.5 Å². The van der Waals surface area contributed by atoms with Crippen molar-refractivity contribution in [2.45, 2.75) is 90.4 Å². The summed E-state index contributed by atoms with van der Waals surface area (Å²) >= 11 is 0. The lowest BCUT2D eigenvalue weighted by Gasteiger charge is -2.62. The van der Waals surface area contributed by atoms with E-state index in [1.54, 1.807) is 0 Å². The van der Waals surface area contributed by atoms with E-state index < -0.39 is 17.1 Å². The van der Waals surface area contributed by atoms with E-state index in [4.69, 9.17) is 0 Å². The molecule has 0 aromatic heterocycles. The maximum atomic E-state index is 12.5. The number of hydrogen-bond donors (Lipinski definition) is 3. The summed E-state index contributed by atoms with van der Waals surface area (Å²) in [5, 5.41) is 32.9. The summed E-state index contributed by atoms with van der Waals surface area (Å²) < 4.78 is 0. The number of ketones is 1. The second kappa shape index (κ2) is 5.78. The van der Waals surface area contributed by atoms with Gasteiger partial charge in [0.25, 0.3) is 0 Å². The van der Waals surface area contributed by atoms with Crippen molar-refractivity contribution in [1.82, 2.24) is 0 Å². The van der Waals surface area contributed by atoms with E-state index >= 15 is 0 Å². The molecule has 4 nitrogen and oxygen atoms in total. The second-order valence-electron chi connectivity index (χ2n) is 10.7. The van der Waals surface area contributed by atoms with Crippen molar-refractivity contribution in [3.05, 3.63) is 0 Å². The van der Waals surface area contributed by atoms with Crippen LogP contribution in [0.25, 0.3) is 0 Å². The molecule has 0 heterocycles. The fourth-order valence-electron chi connectivity index (χ4n) is 8.44. The monoisotopic (exact) mass is 364 g/mol. The predicted octanol–water partition coefficient (Wildman–Crippen LogP) is 2.93. The summed E-state index contributed by atoms with van der Waals surface area (Å²) in [7, 11) is 0. The number of hydrogen-bond acceptors (Lipinski definition) is 4. The van der Waals surface area contributed by atoms with Gasteiger partial charge < -0.3 is 15.3 Å². The van der Waals surface area contributed by atoms with Crippen LogP contribution in [-0.2, 0) is 4.79 Å². The number of carbonyl (C=O) groups is 1. The summed E-state index contributed by atoms with van der Waals surface area (Å²) in [6, 6.07) is 0. The van der Waals surface area contributed by atoms with E-state index in [1.807, 2.05) is 6.92 Å². The fourth-order valence-corrected chi connectivity index (χ4v) is 8.44. The molecule has 4 rings (SSSR count). The van der Waals surface area contributed by atoms with Gasteiger partial charge in [-0.05, 0) is 86.9 Å². The second-order valence-corrected chi connectivity index (χ2v) is 10.7. The Morgan fingerprint density at radius 1 is 1.08 bits per heavy atom. The van der Waals surface area contributed by atoms with Gasteiger partial charge in [0.1, 0.15) is 5.60 Å². The SMILES string of the molecule is CC(=O)[C@@]1(O)[C@H](C)C[C@H]2[C@H]3CC[C@@H]4C[C@H](O)CC[C@]4(C)[C@@H]3[C@H](O)C[C@@]21C. The largest absolute Gasteiger partial charge is 0.393 e. The van der Waals surface area contributed by atoms with Gasteiger partial charge in [-0.1, -0.05) is 20.8 Å². The molecule has 26 heavy (non-hydrogen) atoms. The summed E-state index contributed by atoms with van der Waals surface area (Å²) in [5.41, 5.74) is -1.77. The minimum atomic E-state index is -1.32. The Balaban J connectivity index is 1.73. The molecular formula is C22H36O4. The molecule has 148 valence electrons. The Hall–Kier alpha value is -0.450. The smallest absolute Gasteiger partial charge is 0.162 e. The minimum absolute atomic E-state index is 0.0559. The minimum Gasteiger partial charge on any atom is -0.393 e. The molecule has 3 N–H and O–H groups in total. The van der Waals surface area contributed by atoms with Gasteiger partial charge in [-0.15, -0.1) is 0 Å². The molecule has 4 fully saturated rings. The van der Waals surface area contributed by atoms with Crippen molar-refractivity contribution in [3.63, 3.8) is 0 Å². The normalized spacial score (nSPS) is 59.3. The summed E-state index contributed by atoms with van der Waals surface area (Å²) in [6.07, 6.45) is 5.56. The lowest BCUT2D eigenvalue weighted by atomic mass is 9.43. The standard InChI is InChI=1S/C22H36O4/c1-12-9-17-16-6-5-14-10-15(24)7-8-20(14,3)19(16)18(25)11-21(17,4)22(12,26)13(2)23/h12,14-19,24-26H,5-11H2,1-4H3/t12-,14-,15-,16-,17+,18-,19+,20+,21+,22+/m1/s1. The van der Waals surface area contributed by atoms with Gasteiger partial charge in [-0.2, -0.15) is 0 Å². The summed E-state index contributed by atoms with van der Waals surface area (Å²) in [6.45, 7) is 7.92. The molecule has 0 aromatic rings. The number of carbonyl (C=O) groups excluding carboxylic acids is 1. The lowest BCUT2D eigenvalue weighted by molar-refractivity contribution is -0.203. The summed E-state index contributed by atoms with van der Waals surface area (Å²) in [4.78, 5) is 12.5. The number of fused-ring (bicyclic) bond motifs is 5. The number of rotatable bonds is 1. The average Bonchev–Trinajstić information content (AvgIpc) is 2.76. The van der Waals surface area contributed by atoms with Crippen LogP contribution in [0.15, 0.2) is 0 Å². The molecule has 0 unspecified atom stereocenters. The van der Waals surface area contributed by atoms with Crippen molar-refractivity contribution in [3.8, 4) is 0 Å². The first-order chi connectivity index (χ1) is 12.1. The Labute approximate surface area is 157 Å². The average molecular weight is 365 g/mol. The molecule has 0 aliphatic heterocycles. The Bertz CT molecular complexity index is 605. The van der Waals surface area contributed by atoms with Crippen LogP contribution in [0.3, 0.4) is 0 Å². The van der Waals surface area contributed by atoms with Crippen LogP contribution in [0.1, 0.15) is 72.6 Å². The van der Waals surface area contributed by atoms with Crippen molar-refractivity contribution >= 4 is 5.78 Å². The van der Waals surface area contributed by atoms with Gasteiger partial charge in [-0.25, -0.2) is 0 Å². The van der Waals surface area contributed by atoms with Crippen LogP contribution in [0.4, 0.5) is 0 Å². The number of aliphatic hydroxyl groups is 3. The number of aliphatic hydroxyl groups excluding tert-OH is 2. The third kappa shape index (κ3) is 2.15. The molecule has 0 amide bonds. The van der Waals surface area contributed by atoms with Crippen LogP contribution in [0.2, 0.25) is 0 Å². The van der Waals surface area contributed by atoms with Crippen LogP contribution in [0, 0.1) is 40.4 Å². The summed E-state index contributed by atoms with van der Waals surface area (Å²) in [5.74, 6) is 1.19. The van der Waals surface area contributed by atoms with Gasteiger partial charge in [-0.3, -0.25) is 4.79 Å². The molecule has 10 atom stereocenters. The molecule has 0 saturated heterocycles. The van der Waals surface area contributed by atoms with E-state index in [0.29, 0.717) is 24.2 Å². The van der Waals surface area contributed by atoms with Gasteiger partial charge in [0.05, 0.1) is 12.2 Å². The first-order valence-corrected chi connectivity index (χ1v) is 10.6. The molecular weight excluding hydrogens is 328 g/mol. The molecule has 4 heteroatoms. The van der Waals surface area contributed by atoms with Crippen molar-refractivity contribution in [2.75, 3.05) is 0 Å². The first-order valence-electron chi connectivity index (χ1n) is 10.6. The van der Waals surface area contributed by atoms with Crippen LogP contribution in [-0.4, -0.2) is 38.9 Å². The molecule has 4 saturated carbocycles. The maximum absolute atomic E-state index is 12.5. The van der Waals surface area contributed by atoms with Crippen molar-refractivity contribution < 1.29 is 20.1 Å². The van der Waals surface area contributed by atoms with E-state index in [1.165, 1.54) is 6.92 Å². The number of Topliss-reactive ketones (excluding diaryl/α,β-unsaturated/α-hetero) is 1. The molecule has 0 radical (unpaired) electrons. The molecule has 4 aliphatic carbocycles. The Morgan fingerprint density at radius 2 is 1.77 bits per heavy atom. The highest BCUT2D eigenvalue weighted by Crippen LogP contribution is 2.69. The van der Waals surface area contributed by atoms with Gasteiger partial charge in [0.15, 0.2) is 5.78 Å². The quantitative estimate of drug-likeness (QED) is 0.668. The lowest BCUT2D eigenvalue weighted by Crippen LogP contribution is -2.63. The molecule has 0 aromatic carbocycles. The topological polar surface area (TPSA) is 77.8 Å².